The van der Waals surface area contributed by atoms with Crippen LogP contribution in [0.15, 0.2) is 0 Å². The quantitative estimate of drug-likeness (QED) is 0.490. The van der Waals surface area contributed by atoms with Crippen LogP contribution < -0.4 is 0 Å². The molecule has 0 saturated carbocycles. The number of halogens is 1. The zero-order valence-electron chi connectivity index (χ0n) is 2.66. The van der Waals surface area contributed by atoms with Gasteiger partial charge < -0.3 is 0 Å². The van der Waals surface area contributed by atoms with E-state index < -0.39 is 0 Å². The van der Waals surface area contributed by atoms with E-state index in [2.05, 4.69) is 6.92 Å². The molecule has 0 aliphatic heterocycles. The molecule has 0 atom stereocenters. The van der Waals surface area contributed by atoms with Gasteiger partial charge in [-0.05, 0) is 0 Å². The van der Waals surface area contributed by atoms with Crippen molar-refractivity contribution < 1.29 is 0 Å². The van der Waals surface area contributed by atoms with E-state index in [0.29, 0.717) is 0 Å². The van der Waals surface area contributed by atoms with Gasteiger partial charge in [-0.3, -0.25) is 0 Å². The molecule has 0 aliphatic rings. The molecule has 0 aromatic heterocycles. The summed E-state index contributed by atoms with van der Waals surface area (Å²) in [5, 5.41) is 0. The average molecular weight is 184 g/mol. The van der Waals surface area contributed by atoms with Crippen molar-refractivity contribution in [1.82, 2.24) is 0 Å². The minimum atomic E-state index is 0.822. The molecule has 0 amide bonds. The first-order valence-electron chi connectivity index (χ1n) is 0.925. The molecular formula is C2H6ClSn. The van der Waals surface area contributed by atoms with Gasteiger partial charge in [0.05, 0.1) is 0 Å². The van der Waals surface area contributed by atoms with Crippen LogP contribution in [0, 0.1) is 6.92 Å². The van der Waals surface area contributed by atoms with Crippen LogP contribution in [0.3, 0.4) is 0 Å². The molecule has 4 heavy (non-hydrogen) atoms. The van der Waals surface area contributed by atoms with E-state index in [-0.39, 0.29) is 0 Å². The van der Waals surface area contributed by atoms with Gasteiger partial charge in [-0.1, -0.05) is 13.8 Å². The maximum atomic E-state index is 4.77. The van der Waals surface area contributed by atoms with Crippen molar-refractivity contribution in [2.24, 2.45) is 0 Å². The topological polar surface area (TPSA) is 0 Å². The standard InChI is InChI=1S/C2H5.ClH.Sn.H/c1-2;;;/h1H2,2H3;1H;;/q;;+1;/p-1. The first-order chi connectivity index (χ1) is 2.00. The van der Waals surface area contributed by atoms with Crippen LogP contribution in [0.2, 0.25) is 0 Å². The summed E-state index contributed by atoms with van der Waals surface area (Å²) in [5.41, 5.74) is 0. The van der Waals surface area contributed by atoms with Gasteiger partial charge in [-0.25, -0.2) is 0 Å². The van der Waals surface area contributed by atoms with Gasteiger partial charge in [0.25, 0.3) is 0 Å². The molecule has 0 rings (SSSR count). The van der Waals surface area contributed by atoms with Crippen molar-refractivity contribution in [3.63, 3.8) is 0 Å². The van der Waals surface area contributed by atoms with E-state index in [0.717, 1.165) is 21.4 Å². The van der Waals surface area contributed by atoms with Crippen molar-refractivity contribution in [3.05, 3.63) is 6.92 Å². The van der Waals surface area contributed by atoms with E-state index in [1.165, 1.54) is 0 Å². The van der Waals surface area contributed by atoms with Gasteiger partial charge in [0.1, 0.15) is 0 Å². The Balaban J connectivity index is 0. The van der Waals surface area contributed by atoms with Crippen LogP contribution in [0.4, 0.5) is 0 Å². The SMILES string of the molecule is [CH2]C.[Cl][SnH]. The monoisotopic (exact) mass is 185 g/mol. The average Bonchev–Trinajstić information content (AvgIpc) is 1.50. The van der Waals surface area contributed by atoms with Crippen molar-refractivity contribution in [1.29, 1.82) is 0 Å². The van der Waals surface area contributed by atoms with Crippen LogP contribution in [-0.2, 0) is 0 Å². The summed E-state index contributed by atoms with van der Waals surface area (Å²) in [7, 11) is 4.77. The Kier molecular flexibility index (Phi) is 73.4. The summed E-state index contributed by atoms with van der Waals surface area (Å²) < 4.78 is 0. The Morgan fingerprint density at radius 2 is 1.50 bits per heavy atom. The molecule has 0 unspecified atom stereocenters. The molecule has 0 N–H and O–H groups in total. The van der Waals surface area contributed by atoms with Gasteiger partial charge in [0, 0.05) is 0 Å². The Hall–Kier alpha value is 1.09. The Labute approximate surface area is 44.3 Å². The summed E-state index contributed by atoms with van der Waals surface area (Å²) in [5.74, 6) is 0. The normalized spacial score (nSPS) is 3.00. The zero-order valence-corrected chi connectivity index (χ0v) is 6.71. The first-order valence-corrected chi connectivity index (χ1v) is 5.10. The van der Waals surface area contributed by atoms with Crippen LogP contribution in [0.5, 0.6) is 0 Å². The van der Waals surface area contributed by atoms with Crippen molar-refractivity contribution in [2.45, 2.75) is 6.92 Å². The predicted molar refractivity (Wildman–Crippen MR) is 24.0 cm³/mol. The molecule has 3 radical (unpaired) electrons. The van der Waals surface area contributed by atoms with Crippen molar-refractivity contribution >= 4 is 30.3 Å². The fourth-order valence-electron chi connectivity index (χ4n) is 0. The summed E-state index contributed by atoms with van der Waals surface area (Å²) in [6.45, 7) is 5.00. The molecule has 0 bridgehead atoms. The van der Waals surface area contributed by atoms with E-state index in [1.807, 2.05) is 0 Å². The zero-order chi connectivity index (χ0) is 4.00. The van der Waals surface area contributed by atoms with Crippen LogP contribution in [0.1, 0.15) is 6.92 Å². The van der Waals surface area contributed by atoms with Crippen LogP contribution in [-0.4, -0.2) is 21.4 Å². The number of rotatable bonds is 0. The molecule has 0 heterocycles. The molecule has 0 aromatic rings. The summed E-state index contributed by atoms with van der Waals surface area (Å²) in [4.78, 5) is 0. The van der Waals surface area contributed by atoms with E-state index in [4.69, 9.17) is 8.92 Å². The van der Waals surface area contributed by atoms with Crippen molar-refractivity contribution in [3.8, 4) is 0 Å². The second-order valence-corrected chi connectivity index (χ2v) is 0. The van der Waals surface area contributed by atoms with Gasteiger partial charge in [-0.15, -0.1) is 0 Å². The molecule has 0 aliphatic carbocycles. The molecule has 0 spiro atoms. The third kappa shape index (κ3) is 11.4. The maximum absolute atomic E-state index is 4.77. The Bertz CT molecular complexity index is 6.00. The third-order valence-corrected chi connectivity index (χ3v) is 0. The predicted octanol–water partition coefficient (Wildman–Crippen LogP) is 0.881. The van der Waals surface area contributed by atoms with Crippen LogP contribution in [0.25, 0.3) is 0 Å². The first kappa shape index (κ1) is 8.92. The molecule has 2 heteroatoms. The van der Waals surface area contributed by atoms with Crippen molar-refractivity contribution in [2.75, 3.05) is 0 Å². The Morgan fingerprint density at radius 1 is 1.50 bits per heavy atom. The molecule has 0 fully saturated rings. The Morgan fingerprint density at radius 3 is 1.50 bits per heavy atom. The molecule has 0 aromatic carbocycles. The summed E-state index contributed by atoms with van der Waals surface area (Å²) >= 11 is 0.822. The fraction of sp³-hybridized carbons (Fsp3) is 0.500. The van der Waals surface area contributed by atoms with Crippen LogP contribution >= 0.6 is 8.92 Å². The van der Waals surface area contributed by atoms with Gasteiger partial charge in [0.2, 0.25) is 0 Å². The molecule has 0 saturated heterocycles. The summed E-state index contributed by atoms with van der Waals surface area (Å²) in [6, 6.07) is 0. The number of hydrogen-bond donors (Lipinski definition) is 0. The van der Waals surface area contributed by atoms with Gasteiger partial charge in [0.15, 0.2) is 0 Å². The molecule has 0 nitrogen and oxygen atoms in total. The minimum absolute atomic E-state index is 0.822. The number of hydrogen-bond acceptors (Lipinski definition) is 0. The van der Waals surface area contributed by atoms with E-state index >= 15 is 0 Å². The van der Waals surface area contributed by atoms with E-state index in [1.54, 1.807) is 6.92 Å². The second kappa shape index (κ2) is 32.9. The summed E-state index contributed by atoms with van der Waals surface area (Å²) in [6.07, 6.45) is 0. The second-order valence-electron chi connectivity index (χ2n) is 0. The van der Waals surface area contributed by atoms with E-state index in [9.17, 15) is 0 Å². The molecular weight excluding hydrogens is 178 g/mol. The third-order valence-electron chi connectivity index (χ3n) is 0. The van der Waals surface area contributed by atoms with Gasteiger partial charge in [-0.2, -0.15) is 0 Å². The fourth-order valence-corrected chi connectivity index (χ4v) is 0. The molecule has 25 valence electrons. The van der Waals surface area contributed by atoms with Gasteiger partial charge >= 0.3 is 30.3 Å².